The molecule has 1 atom stereocenters. The van der Waals surface area contributed by atoms with Crippen molar-refractivity contribution in [1.82, 2.24) is 0 Å². The van der Waals surface area contributed by atoms with E-state index in [0.717, 1.165) is 4.48 Å². The highest BCUT2D eigenvalue weighted by atomic mass is 79.9. The van der Waals surface area contributed by atoms with Crippen LogP contribution in [0.5, 0.6) is 0 Å². The molecule has 0 nitrogen and oxygen atoms in total. The molecule has 0 spiro atoms. The first-order chi connectivity index (χ1) is 3.79. The minimum Gasteiger partial charge on any atom is -0.243 e. The van der Waals surface area contributed by atoms with E-state index in [2.05, 4.69) is 15.9 Å². The molecule has 0 heterocycles. The van der Waals surface area contributed by atoms with E-state index in [1.54, 1.807) is 6.08 Å². The number of hydrogen-bond acceptors (Lipinski definition) is 0. The molecule has 0 radical (unpaired) electrons. The lowest BCUT2D eigenvalue weighted by molar-refractivity contribution is 0.401. The number of allylic oxidation sites excluding steroid dienone is 4. The summed E-state index contributed by atoms with van der Waals surface area (Å²) in [6.45, 7) is 0. The van der Waals surface area contributed by atoms with Crippen LogP contribution in [0.15, 0.2) is 22.7 Å². The highest BCUT2D eigenvalue weighted by Gasteiger charge is 2.03. The van der Waals surface area contributed by atoms with E-state index in [1.165, 1.54) is 0 Å². The molecule has 8 heavy (non-hydrogen) atoms. The quantitative estimate of drug-likeness (QED) is 0.533. The van der Waals surface area contributed by atoms with Crippen molar-refractivity contribution in [2.75, 3.05) is 0 Å². The molecule has 1 unspecified atom stereocenters. The van der Waals surface area contributed by atoms with Gasteiger partial charge in [-0.2, -0.15) is 0 Å². The first kappa shape index (κ1) is 6.02. The highest BCUT2D eigenvalue weighted by molar-refractivity contribution is 9.11. The molecular weight excluding hydrogens is 171 g/mol. The monoisotopic (exact) mass is 176 g/mol. The normalized spacial score (nSPS) is 27.8. The summed E-state index contributed by atoms with van der Waals surface area (Å²) in [5, 5.41) is 0. The first-order valence-electron chi connectivity index (χ1n) is 2.47. The Labute approximate surface area is 56.2 Å². The standard InChI is InChI=1S/C6H6BrF/c7-5-2-1-3-6(8)4-5/h1-2,4,6H,3H2. The molecule has 0 aliphatic heterocycles. The van der Waals surface area contributed by atoms with Gasteiger partial charge in [0.15, 0.2) is 0 Å². The lowest BCUT2D eigenvalue weighted by Crippen LogP contribution is -1.95. The van der Waals surface area contributed by atoms with Gasteiger partial charge in [-0.25, -0.2) is 4.39 Å². The van der Waals surface area contributed by atoms with Gasteiger partial charge < -0.3 is 0 Å². The van der Waals surface area contributed by atoms with E-state index in [1.807, 2.05) is 12.2 Å². The Balaban J connectivity index is 2.63. The van der Waals surface area contributed by atoms with Gasteiger partial charge in [0.2, 0.25) is 0 Å². The molecule has 2 heteroatoms. The van der Waals surface area contributed by atoms with Crippen molar-refractivity contribution >= 4 is 15.9 Å². The predicted molar refractivity (Wildman–Crippen MR) is 35.7 cm³/mol. The lowest BCUT2D eigenvalue weighted by atomic mass is 10.2. The molecule has 0 N–H and O–H groups in total. The molecule has 1 aliphatic carbocycles. The zero-order valence-corrected chi connectivity index (χ0v) is 5.86. The molecule has 1 aliphatic rings. The molecular formula is C6H6BrF. The predicted octanol–water partition coefficient (Wildman–Crippen LogP) is 2.56. The van der Waals surface area contributed by atoms with Crippen molar-refractivity contribution in [3.63, 3.8) is 0 Å². The number of rotatable bonds is 0. The average Bonchev–Trinajstić information content (AvgIpc) is 1.64. The molecule has 0 saturated heterocycles. The number of halogens is 2. The molecule has 44 valence electrons. The summed E-state index contributed by atoms with van der Waals surface area (Å²) in [5.41, 5.74) is 0. The molecule has 0 aromatic carbocycles. The van der Waals surface area contributed by atoms with E-state index in [-0.39, 0.29) is 0 Å². The molecule has 0 aromatic rings. The minimum atomic E-state index is -0.783. The lowest BCUT2D eigenvalue weighted by Gasteiger charge is -2.02. The van der Waals surface area contributed by atoms with E-state index in [9.17, 15) is 4.39 Å². The maximum absolute atomic E-state index is 12.3. The van der Waals surface area contributed by atoms with Gasteiger partial charge in [-0.05, 0) is 6.08 Å². The van der Waals surface area contributed by atoms with Crippen molar-refractivity contribution in [1.29, 1.82) is 0 Å². The van der Waals surface area contributed by atoms with Crippen LogP contribution in [0, 0.1) is 0 Å². The van der Waals surface area contributed by atoms with Crippen molar-refractivity contribution in [2.24, 2.45) is 0 Å². The summed E-state index contributed by atoms with van der Waals surface area (Å²) in [4.78, 5) is 0. The largest absolute Gasteiger partial charge is 0.243 e. The zero-order chi connectivity index (χ0) is 5.98. The second kappa shape index (κ2) is 2.44. The van der Waals surface area contributed by atoms with Crippen molar-refractivity contribution in [3.05, 3.63) is 22.7 Å². The van der Waals surface area contributed by atoms with Gasteiger partial charge in [-0.1, -0.05) is 28.1 Å². The maximum atomic E-state index is 12.3. The third kappa shape index (κ3) is 1.44. The molecule has 0 amide bonds. The summed E-state index contributed by atoms with van der Waals surface area (Å²) in [7, 11) is 0. The van der Waals surface area contributed by atoms with E-state index in [4.69, 9.17) is 0 Å². The SMILES string of the molecule is FC1C=C(Br)C=CC1. The Bertz CT molecular complexity index is 137. The Morgan fingerprint density at radius 1 is 1.75 bits per heavy atom. The van der Waals surface area contributed by atoms with Crippen LogP contribution in [-0.2, 0) is 0 Å². The molecule has 1 rings (SSSR count). The summed E-state index contributed by atoms with van der Waals surface area (Å²) >= 11 is 3.16. The van der Waals surface area contributed by atoms with Crippen LogP contribution in [0.3, 0.4) is 0 Å². The van der Waals surface area contributed by atoms with Crippen LogP contribution in [-0.4, -0.2) is 6.17 Å². The van der Waals surface area contributed by atoms with Gasteiger partial charge in [0, 0.05) is 10.9 Å². The summed E-state index contributed by atoms with van der Waals surface area (Å²) in [5.74, 6) is 0. The maximum Gasteiger partial charge on any atom is 0.123 e. The van der Waals surface area contributed by atoms with Gasteiger partial charge in [0.1, 0.15) is 6.17 Å². The summed E-state index contributed by atoms with van der Waals surface area (Å²) in [6.07, 6.45) is 4.97. The van der Waals surface area contributed by atoms with Gasteiger partial charge in [-0.3, -0.25) is 0 Å². The van der Waals surface area contributed by atoms with Gasteiger partial charge in [0.05, 0.1) is 0 Å². The fourth-order valence-corrected chi connectivity index (χ4v) is 1.08. The van der Waals surface area contributed by atoms with E-state index in [0.29, 0.717) is 6.42 Å². The van der Waals surface area contributed by atoms with Crippen LogP contribution in [0.25, 0.3) is 0 Å². The van der Waals surface area contributed by atoms with Gasteiger partial charge >= 0.3 is 0 Å². The third-order valence-electron chi connectivity index (χ3n) is 0.978. The van der Waals surface area contributed by atoms with E-state index < -0.39 is 6.17 Å². The van der Waals surface area contributed by atoms with Gasteiger partial charge in [0.25, 0.3) is 0 Å². The van der Waals surface area contributed by atoms with Crippen molar-refractivity contribution in [2.45, 2.75) is 12.6 Å². The average molecular weight is 177 g/mol. The Morgan fingerprint density at radius 2 is 2.50 bits per heavy atom. The highest BCUT2D eigenvalue weighted by Crippen LogP contribution is 2.17. The zero-order valence-electron chi connectivity index (χ0n) is 4.27. The van der Waals surface area contributed by atoms with Crippen LogP contribution in [0.4, 0.5) is 4.39 Å². The van der Waals surface area contributed by atoms with E-state index >= 15 is 0 Å². The number of hydrogen-bond donors (Lipinski definition) is 0. The fourth-order valence-electron chi connectivity index (χ4n) is 0.607. The van der Waals surface area contributed by atoms with Crippen LogP contribution in [0.1, 0.15) is 6.42 Å². The first-order valence-corrected chi connectivity index (χ1v) is 3.26. The fraction of sp³-hybridized carbons (Fsp3) is 0.333. The van der Waals surface area contributed by atoms with Crippen molar-refractivity contribution < 1.29 is 4.39 Å². The molecule has 0 aromatic heterocycles. The molecule has 0 fully saturated rings. The van der Waals surface area contributed by atoms with Crippen LogP contribution < -0.4 is 0 Å². The molecule has 0 saturated carbocycles. The Kier molecular flexibility index (Phi) is 1.84. The number of alkyl halides is 1. The summed E-state index contributed by atoms with van der Waals surface area (Å²) in [6, 6.07) is 0. The van der Waals surface area contributed by atoms with Crippen molar-refractivity contribution in [3.8, 4) is 0 Å². The van der Waals surface area contributed by atoms with Crippen LogP contribution in [0.2, 0.25) is 0 Å². The Morgan fingerprint density at radius 3 is 2.88 bits per heavy atom. The second-order valence-corrected chi connectivity index (χ2v) is 2.62. The summed E-state index contributed by atoms with van der Waals surface area (Å²) < 4.78 is 13.1. The second-order valence-electron chi connectivity index (χ2n) is 1.71. The Hall–Kier alpha value is -0.110. The minimum absolute atomic E-state index is 0.523. The topological polar surface area (TPSA) is 0 Å². The van der Waals surface area contributed by atoms with Gasteiger partial charge in [-0.15, -0.1) is 0 Å². The smallest absolute Gasteiger partial charge is 0.123 e. The molecule has 0 bridgehead atoms. The van der Waals surface area contributed by atoms with Crippen LogP contribution >= 0.6 is 15.9 Å². The third-order valence-corrected chi connectivity index (χ3v) is 1.51.